The minimum atomic E-state index is -2.73. The van der Waals surface area contributed by atoms with E-state index in [1.54, 1.807) is 0 Å². The van der Waals surface area contributed by atoms with E-state index in [0.717, 1.165) is 19.4 Å². The molecule has 0 aromatic rings. The topological polar surface area (TPSA) is 49.4 Å². The van der Waals surface area contributed by atoms with Gasteiger partial charge < -0.3 is 5.32 Å². The second-order valence-corrected chi connectivity index (χ2v) is 8.74. The summed E-state index contributed by atoms with van der Waals surface area (Å²) in [4.78, 5) is 2.70. The molecular weight excluding hydrogens is 260 g/mol. The lowest BCUT2D eigenvalue weighted by Crippen LogP contribution is -2.54. The van der Waals surface area contributed by atoms with Crippen molar-refractivity contribution in [2.75, 3.05) is 18.1 Å². The summed E-state index contributed by atoms with van der Waals surface area (Å²) in [6, 6.07) is 2.62. The number of piperidine rings is 1. The Balaban J connectivity index is 1.64. The van der Waals surface area contributed by atoms with Gasteiger partial charge in [0.15, 0.2) is 0 Å². The Hall–Kier alpha value is -0.130. The summed E-state index contributed by atoms with van der Waals surface area (Å²) in [6.45, 7) is 3.24. The van der Waals surface area contributed by atoms with Gasteiger partial charge in [-0.15, -0.1) is 0 Å². The van der Waals surface area contributed by atoms with Crippen LogP contribution in [-0.4, -0.2) is 55.5 Å². The van der Waals surface area contributed by atoms with Crippen LogP contribution in [0, 0.1) is 0 Å². The van der Waals surface area contributed by atoms with Crippen molar-refractivity contribution in [3.05, 3.63) is 0 Å². The Morgan fingerprint density at radius 1 is 1.00 bits per heavy atom. The predicted octanol–water partition coefficient (Wildman–Crippen LogP) is 1.17. The van der Waals surface area contributed by atoms with Crippen LogP contribution in [0.25, 0.3) is 0 Å². The molecular formula is C14H26N2O2S. The Morgan fingerprint density at radius 2 is 1.58 bits per heavy atom. The van der Waals surface area contributed by atoms with E-state index >= 15 is 0 Å². The fraction of sp³-hybridized carbons (Fsp3) is 1.00. The molecule has 0 radical (unpaired) electrons. The molecule has 3 fully saturated rings. The maximum absolute atomic E-state index is 11.6. The van der Waals surface area contributed by atoms with E-state index < -0.39 is 9.84 Å². The molecule has 1 N–H and O–H groups in total. The highest BCUT2D eigenvalue weighted by Crippen LogP contribution is 2.39. The van der Waals surface area contributed by atoms with Gasteiger partial charge >= 0.3 is 0 Å². The normalized spacial score (nSPS) is 39.5. The molecule has 4 nitrogen and oxygen atoms in total. The number of nitrogens with one attached hydrogen (secondary N) is 1. The van der Waals surface area contributed by atoms with Crippen LogP contribution in [-0.2, 0) is 9.84 Å². The quantitative estimate of drug-likeness (QED) is 0.846. The van der Waals surface area contributed by atoms with Gasteiger partial charge in [-0.3, -0.25) is 4.90 Å². The van der Waals surface area contributed by atoms with Crippen molar-refractivity contribution in [3.8, 4) is 0 Å². The first-order chi connectivity index (χ1) is 9.09. The zero-order chi connectivity index (χ0) is 13.5. The van der Waals surface area contributed by atoms with E-state index in [1.807, 2.05) is 0 Å². The van der Waals surface area contributed by atoms with Crippen LogP contribution in [0.2, 0.25) is 0 Å². The van der Waals surface area contributed by atoms with Crippen LogP contribution >= 0.6 is 0 Å². The van der Waals surface area contributed by atoms with Crippen LogP contribution in [0.5, 0.6) is 0 Å². The number of hydrogen-bond donors (Lipinski definition) is 1. The van der Waals surface area contributed by atoms with Crippen molar-refractivity contribution >= 4 is 9.84 Å². The molecule has 19 heavy (non-hydrogen) atoms. The van der Waals surface area contributed by atoms with Crippen molar-refractivity contribution in [2.45, 2.75) is 69.6 Å². The molecule has 3 aliphatic rings. The Bertz CT molecular complexity index is 395. The summed E-state index contributed by atoms with van der Waals surface area (Å²) in [5, 5.41) is 3.60. The molecule has 110 valence electrons. The maximum Gasteiger partial charge on any atom is 0.150 e. The summed E-state index contributed by atoms with van der Waals surface area (Å²) in [5.41, 5.74) is 0. The molecule has 5 heteroatoms. The van der Waals surface area contributed by atoms with Gasteiger partial charge in [-0.1, -0.05) is 6.92 Å². The van der Waals surface area contributed by atoms with Crippen LogP contribution in [0.3, 0.4) is 0 Å². The molecule has 0 aromatic carbocycles. The van der Waals surface area contributed by atoms with Crippen molar-refractivity contribution in [1.29, 1.82) is 0 Å². The number of sulfone groups is 1. The first-order valence-corrected chi connectivity index (χ1v) is 9.62. The fourth-order valence-corrected chi connectivity index (χ4v) is 5.91. The zero-order valence-electron chi connectivity index (χ0n) is 11.8. The SMILES string of the molecule is CCNC1CC2CCC(C1)N2C1CCS(=O)(=O)CC1. The van der Waals surface area contributed by atoms with Crippen molar-refractivity contribution < 1.29 is 8.42 Å². The molecule has 0 amide bonds. The Labute approximate surface area is 116 Å². The first-order valence-electron chi connectivity index (χ1n) is 7.80. The number of hydrogen-bond acceptors (Lipinski definition) is 4. The molecule has 0 saturated carbocycles. The smallest absolute Gasteiger partial charge is 0.150 e. The molecule has 2 unspecified atom stereocenters. The average Bonchev–Trinajstić information content (AvgIpc) is 2.63. The largest absolute Gasteiger partial charge is 0.314 e. The van der Waals surface area contributed by atoms with Crippen molar-refractivity contribution in [3.63, 3.8) is 0 Å². The minimum absolute atomic E-state index is 0.407. The van der Waals surface area contributed by atoms with Gasteiger partial charge in [-0.2, -0.15) is 0 Å². The molecule has 0 aromatic heterocycles. The number of rotatable bonds is 3. The molecule has 3 rings (SSSR count). The highest BCUT2D eigenvalue weighted by atomic mass is 32.2. The van der Waals surface area contributed by atoms with Crippen LogP contribution in [0.4, 0.5) is 0 Å². The van der Waals surface area contributed by atoms with Gasteiger partial charge in [0.05, 0.1) is 11.5 Å². The lowest BCUT2D eigenvalue weighted by Gasteiger charge is -2.45. The summed E-state index contributed by atoms with van der Waals surface area (Å²) in [5.74, 6) is 0.814. The monoisotopic (exact) mass is 286 g/mol. The van der Waals surface area contributed by atoms with E-state index in [-0.39, 0.29) is 0 Å². The fourth-order valence-electron chi connectivity index (χ4n) is 4.44. The summed E-state index contributed by atoms with van der Waals surface area (Å²) >= 11 is 0. The molecule has 3 heterocycles. The molecule has 0 aliphatic carbocycles. The van der Waals surface area contributed by atoms with Crippen molar-refractivity contribution in [1.82, 2.24) is 10.2 Å². The summed E-state index contributed by atoms with van der Waals surface area (Å²) < 4.78 is 23.1. The molecule has 2 atom stereocenters. The standard InChI is InChI=1S/C14H26N2O2S/c1-2-15-11-9-13-3-4-14(10-11)16(13)12-5-7-19(17,18)8-6-12/h11-15H,2-10H2,1H3. The maximum atomic E-state index is 11.6. The zero-order valence-corrected chi connectivity index (χ0v) is 12.7. The highest BCUT2D eigenvalue weighted by molar-refractivity contribution is 7.91. The number of fused-ring (bicyclic) bond motifs is 2. The molecule has 3 aliphatic heterocycles. The van der Waals surface area contributed by atoms with Crippen LogP contribution in [0.15, 0.2) is 0 Å². The summed E-state index contributed by atoms with van der Waals surface area (Å²) in [7, 11) is -2.73. The Morgan fingerprint density at radius 3 is 2.11 bits per heavy atom. The third-order valence-corrected chi connectivity index (χ3v) is 6.94. The Kier molecular flexibility index (Phi) is 3.89. The van der Waals surface area contributed by atoms with Gasteiger partial charge in [0.2, 0.25) is 0 Å². The third-order valence-electron chi connectivity index (χ3n) is 5.23. The van der Waals surface area contributed by atoms with Crippen molar-refractivity contribution in [2.24, 2.45) is 0 Å². The number of nitrogens with zero attached hydrogens (tertiary/aromatic N) is 1. The first kappa shape index (κ1) is 13.8. The van der Waals surface area contributed by atoms with Crippen LogP contribution in [0.1, 0.15) is 45.4 Å². The molecule has 2 bridgehead atoms. The van der Waals surface area contributed by atoms with Gasteiger partial charge in [-0.05, 0) is 45.1 Å². The molecule has 0 spiro atoms. The van der Waals surface area contributed by atoms with Gasteiger partial charge in [0.1, 0.15) is 9.84 Å². The predicted molar refractivity (Wildman–Crippen MR) is 77.0 cm³/mol. The van der Waals surface area contributed by atoms with E-state index in [4.69, 9.17) is 0 Å². The second kappa shape index (κ2) is 5.34. The van der Waals surface area contributed by atoms with Gasteiger partial charge in [0, 0.05) is 24.2 Å². The summed E-state index contributed by atoms with van der Waals surface area (Å²) in [6.07, 6.45) is 6.87. The van der Waals surface area contributed by atoms with Gasteiger partial charge in [0.25, 0.3) is 0 Å². The lowest BCUT2D eigenvalue weighted by atomic mass is 9.94. The van der Waals surface area contributed by atoms with E-state index in [1.165, 1.54) is 25.7 Å². The highest BCUT2D eigenvalue weighted by Gasteiger charge is 2.44. The lowest BCUT2D eigenvalue weighted by molar-refractivity contribution is 0.0650. The van der Waals surface area contributed by atoms with Crippen LogP contribution < -0.4 is 5.32 Å². The average molecular weight is 286 g/mol. The van der Waals surface area contributed by atoms with E-state index in [9.17, 15) is 8.42 Å². The molecule has 3 saturated heterocycles. The van der Waals surface area contributed by atoms with Gasteiger partial charge in [-0.25, -0.2) is 8.42 Å². The van der Waals surface area contributed by atoms with E-state index in [0.29, 0.717) is 35.7 Å². The van der Waals surface area contributed by atoms with E-state index in [2.05, 4.69) is 17.1 Å². The second-order valence-electron chi connectivity index (χ2n) is 6.44. The minimum Gasteiger partial charge on any atom is -0.314 e. The third kappa shape index (κ3) is 2.83.